The summed E-state index contributed by atoms with van der Waals surface area (Å²) in [5.74, 6) is 0.815. The van der Waals surface area contributed by atoms with E-state index in [1.54, 1.807) is 6.33 Å². The Labute approximate surface area is 113 Å². The van der Waals surface area contributed by atoms with Crippen LogP contribution in [-0.2, 0) is 0 Å². The second kappa shape index (κ2) is 6.21. The Morgan fingerprint density at radius 1 is 1.06 bits per heavy atom. The third-order valence-corrected chi connectivity index (χ3v) is 2.46. The standard InChI is InChI=1S/C13H16N4.ClH/c1-10-8-13(15-9-14-10)16-11-4-6-12(7-5-11)17(2)3;/h4-9H,1-3H3,(H,14,15,16);1H. The van der Waals surface area contributed by atoms with Crippen molar-refractivity contribution in [3.63, 3.8) is 0 Å². The third kappa shape index (κ3) is 3.60. The predicted molar refractivity (Wildman–Crippen MR) is 78.1 cm³/mol. The van der Waals surface area contributed by atoms with Gasteiger partial charge in [0.25, 0.3) is 0 Å². The summed E-state index contributed by atoms with van der Waals surface area (Å²) in [4.78, 5) is 10.3. The largest absolute Gasteiger partial charge is 0.378 e. The normalized spacial score (nSPS) is 9.50. The average Bonchev–Trinajstić information content (AvgIpc) is 2.29. The minimum atomic E-state index is 0. The maximum Gasteiger partial charge on any atom is 0.133 e. The summed E-state index contributed by atoms with van der Waals surface area (Å²) in [7, 11) is 4.05. The van der Waals surface area contributed by atoms with Crippen molar-refractivity contribution in [2.24, 2.45) is 0 Å². The molecule has 1 aromatic heterocycles. The van der Waals surface area contributed by atoms with E-state index in [1.165, 1.54) is 5.69 Å². The monoisotopic (exact) mass is 264 g/mol. The molecule has 2 aromatic rings. The molecule has 0 unspecified atom stereocenters. The van der Waals surface area contributed by atoms with Gasteiger partial charge in [0.05, 0.1) is 0 Å². The molecule has 1 aromatic carbocycles. The van der Waals surface area contributed by atoms with E-state index in [2.05, 4.69) is 32.3 Å². The van der Waals surface area contributed by atoms with Crippen LogP contribution in [0.4, 0.5) is 17.2 Å². The van der Waals surface area contributed by atoms with Crippen LogP contribution >= 0.6 is 12.4 Å². The highest BCUT2D eigenvalue weighted by Gasteiger charge is 1.98. The minimum Gasteiger partial charge on any atom is -0.378 e. The number of aryl methyl sites for hydroxylation is 1. The van der Waals surface area contributed by atoms with Gasteiger partial charge < -0.3 is 10.2 Å². The van der Waals surface area contributed by atoms with E-state index in [4.69, 9.17) is 0 Å². The fourth-order valence-corrected chi connectivity index (χ4v) is 1.51. The lowest BCUT2D eigenvalue weighted by Crippen LogP contribution is -2.08. The molecule has 2 rings (SSSR count). The first-order valence-electron chi connectivity index (χ1n) is 5.48. The topological polar surface area (TPSA) is 41.0 Å². The van der Waals surface area contributed by atoms with Crippen molar-refractivity contribution in [1.29, 1.82) is 0 Å². The average molecular weight is 265 g/mol. The highest BCUT2D eigenvalue weighted by Crippen LogP contribution is 2.18. The van der Waals surface area contributed by atoms with E-state index in [0.29, 0.717) is 0 Å². The van der Waals surface area contributed by atoms with Crippen LogP contribution < -0.4 is 10.2 Å². The van der Waals surface area contributed by atoms with Crippen LogP contribution in [0.1, 0.15) is 5.69 Å². The van der Waals surface area contributed by atoms with Gasteiger partial charge in [-0.1, -0.05) is 0 Å². The van der Waals surface area contributed by atoms with Crippen molar-refractivity contribution < 1.29 is 0 Å². The quantitative estimate of drug-likeness (QED) is 0.925. The van der Waals surface area contributed by atoms with Crippen molar-refractivity contribution in [1.82, 2.24) is 9.97 Å². The minimum absolute atomic E-state index is 0. The Hall–Kier alpha value is -1.81. The molecule has 0 atom stereocenters. The maximum absolute atomic E-state index is 4.16. The number of anilines is 3. The molecule has 4 nitrogen and oxygen atoms in total. The molecule has 5 heteroatoms. The molecule has 0 saturated carbocycles. The number of halogens is 1. The lowest BCUT2D eigenvalue weighted by molar-refractivity contribution is 1.10. The molecule has 0 aliphatic rings. The summed E-state index contributed by atoms with van der Waals surface area (Å²) < 4.78 is 0. The lowest BCUT2D eigenvalue weighted by Gasteiger charge is -2.13. The van der Waals surface area contributed by atoms with E-state index < -0.39 is 0 Å². The zero-order valence-electron chi connectivity index (χ0n) is 10.7. The Morgan fingerprint density at radius 2 is 1.72 bits per heavy atom. The summed E-state index contributed by atoms with van der Waals surface area (Å²) in [6.07, 6.45) is 1.56. The molecule has 0 spiro atoms. The van der Waals surface area contributed by atoms with Crippen molar-refractivity contribution in [2.75, 3.05) is 24.3 Å². The summed E-state index contributed by atoms with van der Waals surface area (Å²) in [5, 5.41) is 3.24. The zero-order chi connectivity index (χ0) is 12.3. The Balaban J connectivity index is 0.00000162. The number of hydrogen-bond acceptors (Lipinski definition) is 4. The van der Waals surface area contributed by atoms with Gasteiger partial charge in [-0.3, -0.25) is 0 Å². The summed E-state index contributed by atoms with van der Waals surface area (Å²) in [6, 6.07) is 10.1. The number of rotatable bonds is 3. The van der Waals surface area contributed by atoms with E-state index >= 15 is 0 Å². The Kier molecular flexibility index (Phi) is 4.92. The molecule has 96 valence electrons. The first kappa shape index (κ1) is 14.3. The number of benzene rings is 1. The van der Waals surface area contributed by atoms with Gasteiger partial charge in [-0.15, -0.1) is 12.4 Å². The molecule has 1 heterocycles. The third-order valence-electron chi connectivity index (χ3n) is 2.46. The van der Waals surface area contributed by atoms with Gasteiger partial charge in [0.1, 0.15) is 12.1 Å². The second-order valence-electron chi connectivity index (χ2n) is 4.11. The van der Waals surface area contributed by atoms with Crippen LogP contribution in [0.25, 0.3) is 0 Å². The van der Waals surface area contributed by atoms with Crippen molar-refractivity contribution in [3.05, 3.63) is 42.4 Å². The number of nitrogens with zero attached hydrogens (tertiary/aromatic N) is 3. The van der Waals surface area contributed by atoms with Gasteiger partial charge in [0.2, 0.25) is 0 Å². The Bertz CT molecular complexity index is 497. The number of hydrogen-bond donors (Lipinski definition) is 1. The molecule has 0 saturated heterocycles. The van der Waals surface area contributed by atoms with Gasteiger partial charge in [-0.05, 0) is 31.2 Å². The fourth-order valence-electron chi connectivity index (χ4n) is 1.51. The second-order valence-corrected chi connectivity index (χ2v) is 4.11. The summed E-state index contributed by atoms with van der Waals surface area (Å²) in [6.45, 7) is 1.95. The van der Waals surface area contributed by atoms with Crippen LogP contribution in [0.3, 0.4) is 0 Å². The molecule has 0 fully saturated rings. The zero-order valence-corrected chi connectivity index (χ0v) is 11.5. The molecule has 0 amide bonds. The molecular formula is C13H17ClN4. The van der Waals surface area contributed by atoms with Gasteiger partial charge >= 0.3 is 0 Å². The molecule has 1 N–H and O–H groups in total. The van der Waals surface area contributed by atoms with Crippen LogP contribution in [0, 0.1) is 6.92 Å². The lowest BCUT2D eigenvalue weighted by atomic mass is 10.2. The van der Waals surface area contributed by atoms with Crippen molar-refractivity contribution >= 4 is 29.6 Å². The van der Waals surface area contributed by atoms with E-state index in [9.17, 15) is 0 Å². The molecule has 0 aliphatic carbocycles. The fraction of sp³-hybridized carbons (Fsp3) is 0.231. The highest BCUT2D eigenvalue weighted by molar-refractivity contribution is 5.85. The maximum atomic E-state index is 4.16. The van der Waals surface area contributed by atoms with Gasteiger partial charge in [-0.2, -0.15) is 0 Å². The van der Waals surface area contributed by atoms with Gasteiger partial charge in [0, 0.05) is 37.2 Å². The number of aromatic nitrogens is 2. The van der Waals surface area contributed by atoms with Crippen molar-refractivity contribution in [2.45, 2.75) is 6.92 Å². The summed E-state index contributed by atoms with van der Waals surface area (Å²) >= 11 is 0. The van der Waals surface area contributed by atoms with Crippen LogP contribution in [-0.4, -0.2) is 24.1 Å². The predicted octanol–water partition coefficient (Wildman–Crippen LogP) is 3.02. The molecular weight excluding hydrogens is 248 g/mol. The van der Waals surface area contributed by atoms with Crippen molar-refractivity contribution in [3.8, 4) is 0 Å². The summed E-state index contributed by atoms with van der Waals surface area (Å²) in [5.41, 5.74) is 3.15. The van der Waals surface area contributed by atoms with E-state index in [1.807, 2.05) is 39.2 Å². The van der Waals surface area contributed by atoms with Gasteiger partial charge in [0.15, 0.2) is 0 Å². The van der Waals surface area contributed by atoms with Gasteiger partial charge in [-0.25, -0.2) is 9.97 Å². The van der Waals surface area contributed by atoms with Crippen LogP contribution in [0.5, 0.6) is 0 Å². The number of nitrogens with one attached hydrogen (secondary N) is 1. The van der Waals surface area contributed by atoms with E-state index in [-0.39, 0.29) is 12.4 Å². The SMILES string of the molecule is Cc1cc(Nc2ccc(N(C)C)cc2)ncn1.Cl. The first-order valence-corrected chi connectivity index (χ1v) is 5.48. The smallest absolute Gasteiger partial charge is 0.133 e. The molecule has 0 radical (unpaired) electrons. The molecule has 0 bridgehead atoms. The van der Waals surface area contributed by atoms with Crippen LogP contribution in [0.15, 0.2) is 36.7 Å². The highest BCUT2D eigenvalue weighted by atomic mass is 35.5. The molecule has 18 heavy (non-hydrogen) atoms. The van der Waals surface area contributed by atoms with E-state index in [0.717, 1.165) is 17.2 Å². The molecule has 0 aliphatic heterocycles. The first-order chi connectivity index (χ1) is 8.15. The Morgan fingerprint density at radius 3 is 2.28 bits per heavy atom. The van der Waals surface area contributed by atoms with Crippen LogP contribution in [0.2, 0.25) is 0 Å².